The van der Waals surface area contributed by atoms with Crippen molar-refractivity contribution in [1.82, 2.24) is 5.01 Å². The molecule has 10 heteroatoms. The van der Waals surface area contributed by atoms with Gasteiger partial charge in [0.05, 0.1) is 29.9 Å². The fourth-order valence-electron chi connectivity index (χ4n) is 6.55. The number of anilines is 3. The third kappa shape index (κ3) is 6.15. The molecule has 0 spiro atoms. The second kappa shape index (κ2) is 12.7. The van der Waals surface area contributed by atoms with Crippen molar-refractivity contribution in [1.29, 1.82) is 0 Å². The number of fused-ring (bicyclic) bond motifs is 1. The summed E-state index contributed by atoms with van der Waals surface area (Å²) in [5.41, 5.74) is 7.00. The number of rotatable bonds is 7. The summed E-state index contributed by atoms with van der Waals surface area (Å²) in [6, 6.07) is 21.1. The Kier molecular flexibility index (Phi) is 8.58. The summed E-state index contributed by atoms with van der Waals surface area (Å²) < 4.78 is 5.44. The zero-order valence-electron chi connectivity index (χ0n) is 26.3. The molecule has 3 aromatic rings. The average molecular weight is 609 g/mol. The number of hydrogen-bond acceptors (Lipinski definition) is 8. The second-order valence-corrected chi connectivity index (χ2v) is 12.3. The standard InChI is InChI=1S/C35H40N6O4/c1-37(2)28-13-8-24(9-14-28)22-26-6-5-7-30-33(26)36-40(34(30)25-10-15-29(16-11-25)38(3)4)35(42)27-12-17-31(32(23-27)41(43)44)39-18-20-45-21-19-39/h8-17,22-23,30,34H,5-7,18-21H2,1-4H3/b26-22-. The van der Waals surface area contributed by atoms with Crippen molar-refractivity contribution in [2.45, 2.75) is 25.3 Å². The number of carbonyl (C=O) groups excluding carboxylic acids is 1. The lowest BCUT2D eigenvalue weighted by Crippen LogP contribution is -2.36. The van der Waals surface area contributed by atoms with Crippen molar-refractivity contribution in [3.05, 3.63) is 99.1 Å². The van der Waals surface area contributed by atoms with Crippen LogP contribution in [0.15, 0.2) is 77.4 Å². The highest BCUT2D eigenvalue weighted by Crippen LogP contribution is 2.45. The molecule has 0 aromatic heterocycles. The Morgan fingerprint density at radius 1 is 0.956 bits per heavy atom. The van der Waals surface area contributed by atoms with Crippen LogP contribution in [0.3, 0.4) is 0 Å². The van der Waals surface area contributed by atoms with Crippen LogP contribution in [-0.2, 0) is 4.74 Å². The Labute approximate surface area is 264 Å². The molecule has 6 rings (SSSR count). The van der Waals surface area contributed by atoms with Gasteiger partial charge in [0.15, 0.2) is 0 Å². The number of morpholine rings is 1. The minimum absolute atomic E-state index is 0.0165. The number of hydrogen-bond donors (Lipinski definition) is 0. The van der Waals surface area contributed by atoms with Gasteiger partial charge < -0.3 is 19.4 Å². The molecule has 2 unspecified atom stereocenters. The molecule has 0 N–H and O–H groups in total. The van der Waals surface area contributed by atoms with Crippen molar-refractivity contribution in [2.75, 3.05) is 69.2 Å². The summed E-state index contributed by atoms with van der Waals surface area (Å²) in [6.45, 7) is 2.14. The van der Waals surface area contributed by atoms with Crippen molar-refractivity contribution < 1.29 is 14.5 Å². The highest BCUT2D eigenvalue weighted by atomic mass is 16.6. The smallest absolute Gasteiger partial charge is 0.293 e. The van der Waals surface area contributed by atoms with E-state index >= 15 is 0 Å². The van der Waals surface area contributed by atoms with Crippen LogP contribution < -0.4 is 14.7 Å². The molecule has 234 valence electrons. The van der Waals surface area contributed by atoms with E-state index in [0.29, 0.717) is 32.0 Å². The second-order valence-electron chi connectivity index (χ2n) is 12.3. The van der Waals surface area contributed by atoms with Crippen LogP contribution in [0.25, 0.3) is 6.08 Å². The van der Waals surface area contributed by atoms with Gasteiger partial charge in [0.25, 0.3) is 11.6 Å². The zero-order valence-corrected chi connectivity index (χ0v) is 26.3. The monoisotopic (exact) mass is 608 g/mol. The molecule has 1 saturated carbocycles. The van der Waals surface area contributed by atoms with E-state index in [-0.39, 0.29) is 29.1 Å². The molecule has 2 heterocycles. The van der Waals surface area contributed by atoms with Crippen LogP contribution in [-0.4, -0.2) is 76.0 Å². The summed E-state index contributed by atoms with van der Waals surface area (Å²) in [7, 11) is 8.04. The summed E-state index contributed by atoms with van der Waals surface area (Å²) in [5, 5.41) is 18.8. The average Bonchev–Trinajstić information content (AvgIpc) is 3.45. The Morgan fingerprint density at radius 2 is 1.60 bits per heavy atom. The van der Waals surface area contributed by atoms with E-state index in [2.05, 4.69) is 59.5 Å². The van der Waals surface area contributed by atoms with Gasteiger partial charge in [-0.1, -0.05) is 24.3 Å². The summed E-state index contributed by atoms with van der Waals surface area (Å²) in [5.74, 6) is -0.326. The topological polar surface area (TPSA) is 94.8 Å². The number of nitro benzene ring substituents is 1. The number of allylic oxidation sites excluding steroid dienone is 1. The van der Waals surface area contributed by atoms with Gasteiger partial charge >= 0.3 is 0 Å². The van der Waals surface area contributed by atoms with Gasteiger partial charge in [-0.05, 0) is 78.4 Å². The number of nitro groups is 1. The van der Waals surface area contributed by atoms with E-state index in [9.17, 15) is 14.9 Å². The molecule has 1 aliphatic carbocycles. The number of hydrazone groups is 1. The van der Waals surface area contributed by atoms with Crippen LogP contribution in [0.5, 0.6) is 0 Å². The minimum atomic E-state index is -0.406. The first-order valence-corrected chi connectivity index (χ1v) is 15.5. The van der Waals surface area contributed by atoms with E-state index in [1.807, 2.05) is 38.0 Å². The summed E-state index contributed by atoms with van der Waals surface area (Å²) in [6.07, 6.45) is 4.94. The Bertz CT molecular complexity index is 1620. The number of ether oxygens (including phenoxy) is 1. The number of carbonyl (C=O) groups is 1. The maximum Gasteiger partial charge on any atom is 0.293 e. The van der Waals surface area contributed by atoms with Gasteiger partial charge in [-0.25, -0.2) is 5.01 Å². The third-order valence-electron chi connectivity index (χ3n) is 8.98. The van der Waals surface area contributed by atoms with E-state index in [1.54, 1.807) is 17.1 Å². The van der Waals surface area contributed by atoms with Crippen LogP contribution in [0, 0.1) is 16.0 Å². The quantitative estimate of drug-likeness (QED) is 0.240. The predicted molar refractivity (Wildman–Crippen MR) is 179 cm³/mol. The molecule has 10 nitrogen and oxygen atoms in total. The highest BCUT2D eigenvalue weighted by molar-refractivity contribution is 6.09. The molecule has 0 bridgehead atoms. The van der Waals surface area contributed by atoms with Crippen molar-refractivity contribution in [2.24, 2.45) is 11.0 Å². The van der Waals surface area contributed by atoms with Gasteiger partial charge in [0.2, 0.25) is 0 Å². The molecular weight excluding hydrogens is 568 g/mol. The molecular formula is C35H40N6O4. The molecule has 2 aliphatic heterocycles. The molecule has 0 radical (unpaired) electrons. The van der Waals surface area contributed by atoms with E-state index in [0.717, 1.165) is 53.0 Å². The van der Waals surface area contributed by atoms with Crippen LogP contribution in [0.1, 0.15) is 46.8 Å². The lowest BCUT2D eigenvalue weighted by molar-refractivity contribution is -0.384. The maximum absolute atomic E-state index is 14.3. The fourth-order valence-corrected chi connectivity index (χ4v) is 6.55. The predicted octanol–water partition coefficient (Wildman–Crippen LogP) is 6.00. The van der Waals surface area contributed by atoms with Crippen molar-refractivity contribution >= 4 is 40.4 Å². The highest BCUT2D eigenvalue weighted by Gasteiger charge is 2.44. The fraction of sp³-hybridized carbons (Fsp3) is 0.371. The van der Waals surface area contributed by atoms with E-state index < -0.39 is 4.92 Å². The first-order chi connectivity index (χ1) is 21.7. The molecule has 2 atom stereocenters. The maximum atomic E-state index is 14.3. The number of nitrogens with zero attached hydrogens (tertiary/aromatic N) is 6. The molecule has 3 aromatic carbocycles. The summed E-state index contributed by atoms with van der Waals surface area (Å²) in [4.78, 5) is 32.2. The third-order valence-corrected chi connectivity index (χ3v) is 8.98. The van der Waals surface area contributed by atoms with E-state index in [1.165, 1.54) is 6.07 Å². The first kappa shape index (κ1) is 30.3. The largest absolute Gasteiger partial charge is 0.378 e. The van der Waals surface area contributed by atoms with Gasteiger partial charge in [0.1, 0.15) is 5.69 Å². The zero-order chi connectivity index (χ0) is 31.7. The minimum Gasteiger partial charge on any atom is -0.378 e. The number of amides is 1. The lowest BCUT2D eigenvalue weighted by Gasteiger charge is -2.30. The van der Waals surface area contributed by atoms with E-state index in [4.69, 9.17) is 9.84 Å². The SMILES string of the molecule is CN(C)c1ccc(/C=C2/CCCC3C2=NN(C(=O)c2ccc(N4CCOCC4)c([N+](=O)[O-])c2)C3c2ccc(N(C)C)cc2)cc1. The lowest BCUT2D eigenvalue weighted by atomic mass is 9.77. The van der Waals surface area contributed by atoms with Crippen LogP contribution in [0.4, 0.5) is 22.7 Å². The molecule has 1 amide bonds. The Morgan fingerprint density at radius 3 is 2.22 bits per heavy atom. The Hall–Kier alpha value is -4.70. The van der Waals surface area contributed by atoms with Gasteiger partial charge in [-0.2, -0.15) is 5.10 Å². The van der Waals surface area contributed by atoms with Crippen LogP contribution in [0.2, 0.25) is 0 Å². The van der Waals surface area contributed by atoms with Crippen molar-refractivity contribution in [3.63, 3.8) is 0 Å². The Balaban J connectivity index is 1.39. The summed E-state index contributed by atoms with van der Waals surface area (Å²) >= 11 is 0. The number of benzene rings is 3. The van der Waals surface area contributed by atoms with Crippen LogP contribution >= 0.6 is 0 Å². The molecule has 1 saturated heterocycles. The normalized spacial score (nSPS) is 20.5. The van der Waals surface area contributed by atoms with Gasteiger partial charge in [0, 0.05) is 70.2 Å². The molecule has 3 aliphatic rings. The van der Waals surface area contributed by atoms with Gasteiger partial charge in [-0.15, -0.1) is 0 Å². The van der Waals surface area contributed by atoms with Gasteiger partial charge in [-0.3, -0.25) is 14.9 Å². The first-order valence-electron chi connectivity index (χ1n) is 15.5. The molecule has 45 heavy (non-hydrogen) atoms. The van der Waals surface area contributed by atoms with Crippen molar-refractivity contribution in [3.8, 4) is 0 Å². The molecule has 2 fully saturated rings.